The van der Waals surface area contributed by atoms with E-state index in [4.69, 9.17) is 16.3 Å². The van der Waals surface area contributed by atoms with Crippen LogP contribution in [0.1, 0.15) is 18.9 Å². The minimum atomic E-state index is -0.809. The van der Waals surface area contributed by atoms with Crippen molar-refractivity contribution in [1.29, 1.82) is 0 Å². The second-order valence-corrected chi connectivity index (χ2v) is 4.33. The Morgan fingerprint density at radius 1 is 1.50 bits per heavy atom. The molecule has 16 heavy (non-hydrogen) atoms. The van der Waals surface area contributed by atoms with Gasteiger partial charge in [-0.25, -0.2) is 4.39 Å². The van der Waals surface area contributed by atoms with Gasteiger partial charge < -0.3 is 4.74 Å². The van der Waals surface area contributed by atoms with Crippen LogP contribution in [-0.2, 0) is 15.1 Å². The minimum Gasteiger partial charge on any atom is -0.490 e. The SMILES string of the molecule is CC1(c2ccc(F)cc2Cl)CC(=O)C=CO1. The standard InChI is InChI=1S/C12H10ClFO2/c1-12(7-9(15)4-5-16-12)10-3-2-8(14)6-11(10)13/h2-6H,7H2,1H3. The predicted octanol–water partition coefficient (Wildman–Crippen LogP) is 3.20. The van der Waals surface area contributed by atoms with Gasteiger partial charge in [0.2, 0.25) is 0 Å². The lowest BCUT2D eigenvalue weighted by Crippen LogP contribution is -2.30. The molecule has 1 aromatic rings. The predicted molar refractivity (Wildman–Crippen MR) is 58.6 cm³/mol. The van der Waals surface area contributed by atoms with E-state index in [0.29, 0.717) is 5.56 Å². The summed E-state index contributed by atoms with van der Waals surface area (Å²) in [6.45, 7) is 1.76. The summed E-state index contributed by atoms with van der Waals surface area (Å²) >= 11 is 5.94. The molecule has 0 radical (unpaired) electrons. The van der Waals surface area contributed by atoms with Crippen LogP contribution >= 0.6 is 11.6 Å². The molecular formula is C12H10ClFO2. The zero-order valence-corrected chi connectivity index (χ0v) is 9.42. The first-order chi connectivity index (χ1) is 7.51. The van der Waals surface area contributed by atoms with E-state index in [2.05, 4.69) is 0 Å². The highest BCUT2D eigenvalue weighted by molar-refractivity contribution is 6.31. The van der Waals surface area contributed by atoms with Crippen LogP contribution < -0.4 is 0 Å². The Morgan fingerprint density at radius 3 is 2.88 bits per heavy atom. The zero-order chi connectivity index (χ0) is 11.8. The molecule has 2 nitrogen and oxygen atoms in total. The number of carbonyl (C=O) groups excluding carboxylic acids is 1. The van der Waals surface area contributed by atoms with Crippen molar-refractivity contribution in [3.63, 3.8) is 0 Å². The summed E-state index contributed by atoms with van der Waals surface area (Å²) in [5.41, 5.74) is -0.190. The Kier molecular flexibility index (Phi) is 2.72. The van der Waals surface area contributed by atoms with E-state index < -0.39 is 11.4 Å². The quantitative estimate of drug-likeness (QED) is 0.754. The number of benzene rings is 1. The molecule has 1 atom stereocenters. The van der Waals surface area contributed by atoms with Crippen LogP contribution in [0, 0.1) is 5.82 Å². The molecule has 0 spiro atoms. The van der Waals surface area contributed by atoms with Crippen molar-refractivity contribution >= 4 is 17.4 Å². The highest BCUT2D eigenvalue weighted by Gasteiger charge is 2.34. The smallest absolute Gasteiger partial charge is 0.163 e. The molecule has 1 heterocycles. The van der Waals surface area contributed by atoms with E-state index in [9.17, 15) is 9.18 Å². The second kappa shape index (κ2) is 3.91. The molecule has 1 aromatic carbocycles. The molecule has 4 heteroatoms. The summed E-state index contributed by atoms with van der Waals surface area (Å²) in [6.07, 6.45) is 2.93. The largest absolute Gasteiger partial charge is 0.490 e. The van der Waals surface area contributed by atoms with Gasteiger partial charge in [-0.2, -0.15) is 0 Å². The fourth-order valence-corrected chi connectivity index (χ4v) is 2.14. The van der Waals surface area contributed by atoms with Gasteiger partial charge in [0.05, 0.1) is 17.7 Å². The van der Waals surface area contributed by atoms with Crippen LogP contribution in [0.25, 0.3) is 0 Å². The summed E-state index contributed by atoms with van der Waals surface area (Å²) in [4.78, 5) is 11.3. The number of carbonyl (C=O) groups is 1. The first-order valence-electron chi connectivity index (χ1n) is 4.84. The summed E-state index contributed by atoms with van der Waals surface area (Å²) in [6, 6.07) is 4.07. The van der Waals surface area contributed by atoms with E-state index in [1.54, 1.807) is 13.0 Å². The molecule has 0 amide bonds. The van der Waals surface area contributed by atoms with Gasteiger partial charge in [-0.05, 0) is 19.1 Å². The Balaban J connectivity index is 2.43. The van der Waals surface area contributed by atoms with Crippen LogP contribution in [0.3, 0.4) is 0 Å². The van der Waals surface area contributed by atoms with Crippen LogP contribution in [-0.4, -0.2) is 5.78 Å². The lowest BCUT2D eigenvalue weighted by atomic mass is 9.89. The molecule has 0 aliphatic carbocycles. The Morgan fingerprint density at radius 2 is 2.25 bits per heavy atom. The summed E-state index contributed by atoms with van der Waals surface area (Å²) in [7, 11) is 0. The molecular weight excluding hydrogens is 231 g/mol. The van der Waals surface area contributed by atoms with Gasteiger partial charge in [0.25, 0.3) is 0 Å². The zero-order valence-electron chi connectivity index (χ0n) is 8.67. The van der Waals surface area contributed by atoms with Gasteiger partial charge in [-0.3, -0.25) is 4.79 Å². The maximum absolute atomic E-state index is 12.9. The van der Waals surface area contributed by atoms with Gasteiger partial charge in [-0.1, -0.05) is 17.7 Å². The Hall–Kier alpha value is -1.35. The highest BCUT2D eigenvalue weighted by Crippen LogP contribution is 2.36. The first-order valence-corrected chi connectivity index (χ1v) is 5.22. The Bertz CT molecular complexity index is 470. The van der Waals surface area contributed by atoms with E-state index in [1.165, 1.54) is 24.5 Å². The molecule has 0 saturated carbocycles. The lowest BCUT2D eigenvalue weighted by molar-refractivity contribution is -0.122. The molecule has 0 saturated heterocycles. The van der Waals surface area contributed by atoms with Crippen molar-refractivity contribution in [3.8, 4) is 0 Å². The molecule has 84 valence electrons. The normalized spacial score (nSPS) is 24.3. The van der Waals surface area contributed by atoms with E-state index >= 15 is 0 Å². The third kappa shape index (κ3) is 1.95. The third-order valence-electron chi connectivity index (χ3n) is 2.59. The molecule has 1 unspecified atom stereocenters. The number of ether oxygens (including phenoxy) is 1. The fourth-order valence-electron chi connectivity index (χ4n) is 1.77. The van der Waals surface area contributed by atoms with Gasteiger partial charge >= 0.3 is 0 Å². The van der Waals surface area contributed by atoms with Crippen molar-refractivity contribution in [3.05, 3.63) is 46.9 Å². The van der Waals surface area contributed by atoms with Gasteiger partial charge in [0.1, 0.15) is 11.4 Å². The lowest BCUT2D eigenvalue weighted by Gasteiger charge is -2.31. The number of allylic oxidation sites excluding steroid dienone is 1. The monoisotopic (exact) mass is 240 g/mol. The fraction of sp³-hybridized carbons (Fsp3) is 0.250. The first kappa shape index (κ1) is 11.1. The van der Waals surface area contributed by atoms with Crippen molar-refractivity contribution < 1.29 is 13.9 Å². The number of rotatable bonds is 1. The van der Waals surface area contributed by atoms with Gasteiger partial charge in [0.15, 0.2) is 5.78 Å². The third-order valence-corrected chi connectivity index (χ3v) is 2.91. The second-order valence-electron chi connectivity index (χ2n) is 3.92. The maximum Gasteiger partial charge on any atom is 0.163 e. The molecule has 0 aromatic heterocycles. The van der Waals surface area contributed by atoms with Crippen molar-refractivity contribution in [2.24, 2.45) is 0 Å². The topological polar surface area (TPSA) is 26.3 Å². The number of ketones is 1. The molecule has 0 bridgehead atoms. The highest BCUT2D eigenvalue weighted by atomic mass is 35.5. The molecule has 1 aliphatic heterocycles. The Labute approximate surface area is 97.7 Å². The van der Waals surface area contributed by atoms with Gasteiger partial charge in [0, 0.05) is 11.6 Å². The van der Waals surface area contributed by atoms with Crippen molar-refractivity contribution in [1.82, 2.24) is 0 Å². The molecule has 0 N–H and O–H groups in total. The van der Waals surface area contributed by atoms with Crippen LogP contribution in [0.5, 0.6) is 0 Å². The van der Waals surface area contributed by atoms with Crippen molar-refractivity contribution in [2.45, 2.75) is 18.9 Å². The van der Waals surface area contributed by atoms with E-state index in [-0.39, 0.29) is 17.2 Å². The molecule has 1 aliphatic rings. The number of halogens is 2. The minimum absolute atomic E-state index is 0.0332. The summed E-state index contributed by atoms with van der Waals surface area (Å²) < 4.78 is 18.3. The van der Waals surface area contributed by atoms with Crippen LogP contribution in [0.4, 0.5) is 4.39 Å². The summed E-state index contributed by atoms with van der Waals surface area (Å²) in [5, 5.41) is 0.269. The van der Waals surface area contributed by atoms with Gasteiger partial charge in [-0.15, -0.1) is 0 Å². The molecule has 2 rings (SSSR count). The van der Waals surface area contributed by atoms with Crippen LogP contribution in [0.15, 0.2) is 30.5 Å². The average Bonchev–Trinajstić information content (AvgIpc) is 2.16. The summed E-state index contributed by atoms with van der Waals surface area (Å²) in [5.74, 6) is -0.441. The maximum atomic E-state index is 12.9. The number of hydrogen-bond acceptors (Lipinski definition) is 2. The average molecular weight is 241 g/mol. The van der Waals surface area contributed by atoms with Crippen LogP contribution in [0.2, 0.25) is 5.02 Å². The van der Waals surface area contributed by atoms with E-state index in [1.807, 2.05) is 0 Å². The number of hydrogen-bond donors (Lipinski definition) is 0. The van der Waals surface area contributed by atoms with E-state index in [0.717, 1.165) is 0 Å². The van der Waals surface area contributed by atoms with Crippen molar-refractivity contribution in [2.75, 3.05) is 0 Å². The molecule has 0 fully saturated rings.